The summed E-state index contributed by atoms with van der Waals surface area (Å²) in [6.45, 7) is 2.22. The van der Waals surface area contributed by atoms with Crippen LogP contribution in [0.1, 0.15) is 45.4 Å². The van der Waals surface area contributed by atoms with Crippen LogP contribution in [0.2, 0.25) is 0 Å². The van der Waals surface area contributed by atoms with Gasteiger partial charge in [-0.25, -0.2) is 0 Å². The lowest BCUT2D eigenvalue weighted by atomic mass is 9.83. The molecule has 0 aliphatic heterocycles. The number of nitrogens with one attached hydrogen (secondary N) is 1. The van der Waals surface area contributed by atoms with Gasteiger partial charge in [-0.3, -0.25) is 4.99 Å². The Morgan fingerprint density at radius 2 is 2.07 bits per heavy atom. The molecule has 0 aromatic heterocycles. The molecule has 1 aliphatic carbocycles. The molecule has 1 atom stereocenters. The number of rotatable bonds is 3. The Bertz CT molecular complexity index is 183. The number of nitrogens with two attached hydrogens (primary N) is 1. The van der Waals surface area contributed by atoms with Crippen molar-refractivity contribution in [3.05, 3.63) is 0 Å². The molecule has 3 nitrogen and oxygen atoms in total. The minimum absolute atomic E-state index is 0.527. The quantitative estimate of drug-likeness (QED) is 0.536. The molecule has 0 aromatic rings. The standard InChI is InChI=1S/C11H23N3/c1-3-10(14-11(12)13-2)9-7-5-4-6-8-9/h9-10H,3-8H2,1-2H3,(H3,12,13,14). The van der Waals surface area contributed by atoms with Gasteiger partial charge < -0.3 is 11.1 Å². The Morgan fingerprint density at radius 1 is 1.43 bits per heavy atom. The van der Waals surface area contributed by atoms with E-state index < -0.39 is 0 Å². The van der Waals surface area contributed by atoms with Crippen LogP contribution >= 0.6 is 0 Å². The van der Waals surface area contributed by atoms with Crippen molar-refractivity contribution in [1.29, 1.82) is 0 Å². The maximum absolute atomic E-state index is 5.69. The first-order valence-corrected chi connectivity index (χ1v) is 5.76. The van der Waals surface area contributed by atoms with E-state index in [0.717, 1.165) is 12.3 Å². The van der Waals surface area contributed by atoms with Crippen LogP contribution in [0.5, 0.6) is 0 Å². The first-order valence-electron chi connectivity index (χ1n) is 5.76. The van der Waals surface area contributed by atoms with Crippen molar-refractivity contribution < 1.29 is 0 Å². The first-order chi connectivity index (χ1) is 6.77. The Balaban J connectivity index is 2.43. The van der Waals surface area contributed by atoms with Crippen LogP contribution in [0.15, 0.2) is 4.99 Å². The third kappa shape index (κ3) is 3.20. The molecule has 0 saturated heterocycles. The highest BCUT2D eigenvalue weighted by atomic mass is 15.1. The molecule has 1 fully saturated rings. The Hall–Kier alpha value is -0.730. The van der Waals surface area contributed by atoms with Gasteiger partial charge in [-0.05, 0) is 25.2 Å². The van der Waals surface area contributed by atoms with Gasteiger partial charge in [0.2, 0.25) is 0 Å². The predicted molar refractivity (Wildman–Crippen MR) is 61.3 cm³/mol. The van der Waals surface area contributed by atoms with Crippen molar-refractivity contribution >= 4 is 5.96 Å². The molecule has 0 radical (unpaired) electrons. The van der Waals surface area contributed by atoms with Crippen LogP contribution in [0.3, 0.4) is 0 Å². The molecule has 1 unspecified atom stereocenters. The third-order valence-corrected chi connectivity index (χ3v) is 3.23. The highest BCUT2D eigenvalue weighted by Gasteiger charge is 2.22. The zero-order valence-corrected chi connectivity index (χ0v) is 9.42. The number of hydrogen-bond donors (Lipinski definition) is 2. The molecule has 1 rings (SSSR count). The molecule has 14 heavy (non-hydrogen) atoms. The summed E-state index contributed by atoms with van der Waals surface area (Å²) in [5, 5.41) is 3.31. The lowest BCUT2D eigenvalue weighted by molar-refractivity contribution is 0.283. The summed E-state index contributed by atoms with van der Waals surface area (Å²) in [5.41, 5.74) is 5.69. The van der Waals surface area contributed by atoms with Crippen molar-refractivity contribution in [2.75, 3.05) is 7.05 Å². The fourth-order valence-corrected chi connectivity index (χ4v) is 2.34. The van der Waals surface area contributed by atoms with E-state index in [4.69, 9.17) is 5.73 Å². The van der Waals surface area contributed by atoms with Crippen molar-refractivity contribution in [2.24, 2.45) is 16.6 Å². The highest BCUT2D eigenvalue weighted by molar-refractivity contribution is 5.77. The van der Waals surface area contributed by atoms with E-state index >= 15 is 0 Å². The maximum Gasteiger partial charge on any atom is 0.188 e. The summed E-state index contributed by atoms with van der Waals surface area (Å²) < 4.78 is 0. The molecule has 3 N–H and O–H groups in total. The van der Waals surface area contributed by atoms with Crippen molar-refractivity contribution in [1.82, 2.24) is 5.32 Å². The van der Waals surface area contributed by atoms with E-state index in [1.54, 1.807) is 7.05 Å². The van der Waals surface area contributed by atoms with E-state index in [1.807, 2.05) is 0 Å². The van der Waals surface area contributed by atoms with Gasteiger partial charge in [-0.1, -0.05) is 26.2 Å². The van der Waals surface area contributed by atoms with E-state index in [1.165, 1.54) is 32.1 Å². The van der Waals surface area contributed by atoms with E-state index in [-0.39, 0.29) is 0 Å². The summed E-state index contributed by atoms with van der Waals surface area (Å²) in [5.74, 6) is 1.39. The van der Waals surface area contributed by atoms with Gasteiger partial charge in [-0.2, -0.15) is 0 Å². The minimum atomic E-state index is 0.527. The van der Waals surface area contributed by atoms with Crippen molar-refractivity contribution in [3.63, 3.8) is 0 Å². The van der Waals surface area contributed by atoms with Gasteiger partial charge >= 0.3 is 0 Å². The summed E-state index contributed by atoms with van der Waals surface area (Å²) in [6, 6.07) is 0.527. The fraction of sp³-hybridized carbons (Fsp3) is 0.909. The lowest BCUT2D eigenvalue weighted by Crippen LogP contribution is -2.44. The lowest BCUT2D eigenvalue weighted by Gasteiger charge is -2.30. The van der Waals surface area contributed by atoms with Crippen LogP contribution in [-0.2, 0) is 0 Å². The average molecular weight is 197 g/mol. The zero-order chi connectivity index (χ0) is 10.4. The van der Waals surface area contributed by atoms with Crippen LogP contribution in [0, 0.1) is 5.92 Å². The molecule has 3 heteroatoms. The number of hydrogen-bond acceptors (Lipinski definition) is 1. The molecule has 0 bridgehead atoms. The molecular formula is C11H23N3. The number of aliphatic imine (C=N–C) groups is 1. The molecular weight excluding hydrogens is 174 g/mol. The number of guanidine groups is 1. The van der Waals surface area contributed by atoms with Crippen LogP contribution < -0.4 is 11.1 Å². The fourth-order valence-electron chi connectivity index (χ4n) is 2.34. The zero-order valence-electron chi connectivity index (χ0n) is 9.42. The summed E-state index contributed by atoms with van der Waals surface area (Å²) >= 11 is 0. The monoisotopic (exact) mass is 197 g/mol. The van der Waals surface area contributed by atoms with Gasteiger partial charge in [-0.15, -0.1) is 0 Å². The van der Waals surface area contributed by atoms with Crippen LogP contribution in [0.4, 0.5) is 0 Å². The molecule has 0 spiro atoms. The second-order valence-corrected chi connectivity index (χ2v) is 4.17. The molecule has 82 valence electrons. The summed E-state index contributed by atoms with van der Waals surface area (Å²) in [4.78, 5) is 3.95. The average Bonchev–Trinajstić information content (AvgIpc) is 2.26. The van der Waals surface area contributed by atoms with Gasteiger partial charge in [0, 0.05) is 13.1 Å². The van der Waals surface area contributed by atoms with E-state index in [9.17, 15) is 0 Å². The van der Waals surface area contributed by atoms with Gasteiger partial charge in [0.1, 0.15) is 0 Å². The Kier molecular flexibility index (Phi) is 4.77. The minimum Gasteiger partial charge on any atom is -0.370 e. The maximum atomic E-state index is 5.69. The molecule has 1 saturated carbocycles. The SMILES string of the molecule is CCC(NC(N)=NC)C1CCCCC1. The molecule has 1 aliphatic rings. The Labute approximate surface area is 87.2 Å². The third-order valence-electron chi connectivity index (χ3n) is 3.23. The topological polar surface area (TPSA) is 50.4 Å². The van der Waals surface area contributed by atoms with Crippen LogP contribution in [0.25, 0.3) is 0 Å². The second kappa shape index (κ2) is 5.89. The highest BCUT2D eigenvalue weighted by Crippen LogP contribution is 2.27. The van der Waals surface area contributed by atoms with E-state index in [0.29, 0.717) is 12.0 Å². The molecule has 0 aromatic carbocycles. The predicted octanol–water partition coefficient (Wildman–Crippen LogP) is 1.88. The molecule has 0 heterocycles. The first kappa shape index (κ1) is 11.3. The number of nitrogens with zero attached hydrogens (tertiary/aromatic N) is 1. The van der Waals surface area contributed by atoms with E-state index in [2.05, 4.69) is 17.2 Å². The smallest absolute Gasteiger partial charge is 0.188 e. The second-order valence-electron chi connectivity index (χ2n) is 4.17. The Morgan fingerprint density at radius 3 is 2.57 bits per heavy atom. The molecule has 0 amide bonds. The normalized spacial score (nSPS) is 22.0. The van der Waals surface area contributed by atoms with Crippen LogP contribution in [-0.4, -0.2) is 19.0 Å². The van der Waals surface area contributed by atoms with Gasteiger partial charge in [0.15, 0.2) is 5.96 Å². The van der Waals surface area contributed by atoms with Crippen molar-refractivity contribution in [2.45, 2.75) is 51.5 Å². The summed E-state index contributed by atoms with van der Waals surface area (Å²) in [6.07, 6.45) is 8.01. The summed E-state index contributed by atoms with van der Waals surface area (Å²) in [7, 11) is 1.73. The van der Waals surface area contributed by atoms with Gasteiger partial charge in [0.05, 0.1) is 0 Å². The van der Waals surface area contributed by atoms with Crippen molar-refractivity contribution in [3.8, 4) is 0 Å². The van der Waals surface area contributed by atoms with Gasteiger partial charge in [0.25, 0.3) is 0 Å². The largest absolute Gasteiger partial charge is 0.370 e.